The molecule has 2 heterocycles. The van der Waals surface area contributed by atoms with Crippen molar-refractivity contribution in [1.82, 2.24) is 9.03 Å². The van der Waals surface area contributed by atoms with Crippen LogP contribution < -0.4 is 9.62 Å². The molecule has 1 aromatic rings. The molecule has 3 atom stereocenters. The highest BCUT2D eigenvalue weighted by molar-refractivity contribution is 7.87. The van der Waals surface area contributed by atoms with Crippen molar-refractivity contribution in [3.63, 3.8) is 0 Å². The Morgan fingerprint density at radius 1 is 1.25 bits per heavy atom. The number of benzene rings is 1. The molecule has 0 amide bonds. The Labute approximate surface area is 145 Å². The van der Waals surface area contributed by atoms with E-state index in [1.807, 2.05) is 19.9 Å². The van der Waals surface area contributed by atoms with Crippen molar-refractivity contribution in [2.75, 3.05) is 31.1 Å². The first-order valence-corrected chi connectivity index (χ1v) is 10.1. The molecule has 7 heteroatoms. The summed E-state index contributed by atoms with van der Waals surface area (Å²) in [6.45, 7) is 8.02. The molecule has 1 N–H and O–H groups in total. The van der Waals surface area contributed by atoms with Crippen molar-refractivity contribution in [2.24, 2.45) is 0 Å². The van der Waals surface area contributed by atoms with Gasteiger partial charge in [-0.1, -0.05) is 18.2 Å². The van der Waals surface area contributed by atoms with E-state index in [2.05, 4.69) is 34.7 Å². The number of fused-ring (bicyclic) bond motifs is 1. The van der Waals surface area contributed by atoms with Gasteiger partial charge < -0.3 is 9.64 Å². The second-order valence-corrected chi connectivity index (χ2v) is 8.60. The van der Waals surface area contributed by atoms with Crippen molar-refractivity contribution in [3.8, 4) is 0 Å². The summed E-state index contributed by atoms with van der Waals surface area (Å²) in [6.07, 6.45) is 0.868. The molecule has 2 aliphatic heterocycles. The Morgan fingerprint density at radius 3 is 2.62 bits per heavy atom. The smallest absolute Gasteiger partial charge is 0.279 e. The van der Waals surface area contributed by atoms with Crippen LogP contribution in [0, 0.1) is 0 Å². The van der Waals surface area contributed by atoms with Gasteiger partial charge in [-0.25, -0.2) is 4.72 Å². The van der Waals surface area contributed by atoms with Crippen molar-refractivity contribution >= 4 is 15.9 Å². The number of nitrogens with one attached hydrogen (secondary N) is 1. The van der Waals surface area contributed by atoms with E-state index >= 15 is 0 Å². The molecule has 6 nitrogen and oxygen atoms in total. The largest absolute Gasteiger partial charge is 0.373 e. The van der Waals surface area contributed by atoms with Crippen molar-refractivity contribution in [2.45, 2.75) is 45.4 Å². The molecule has 0 spiro atoms. The second-order valence-electron chi connectivity index (χ2n) is 6.85. The maximum Gasteiger partial charge on any atom is 0.279 e. The van der Waals surface area contributed by atoms with Gasteiger partial charge in [-0.05, 0) is 38.8 Å². The average Bonchev–Trinajstić information content (AvgIpc) is 2.96. The van der Waals surface area contributed by atoms with Gasteiger partial charge in [0.15, 0.2) is 0 Å². The number of para-hydroxylation sites is 1. The molecule has 3 rings (SSSR count). The third-order valence-corrected chi connectivity index (χ3v) is 6.25. The summed E-state index contributed by atoms with van der Waals surface area (Å²) in [5.41, 5.74) is 2.56. The molecule has 1 fully saturated rings. The van der Waals surface area contributed by atoms with Gasteiger partial charge in [-0.3, -0.25) is 0 Å². The molecule has 0 unspecified atom stereocenters. The zero-order valence-electron chi connectivity index (χ0n) is 14.6. The van der Waals surface area contributed by atoms with Gasteiger partial charge in [0.2, 0.25) is 0 Å². The lowest BCUT2D eigenvalue weighted by molar-refractivity contribution is -0.0443. The molecule has 0 saturated carbocycles. The zero-order chi connectivity index (χ0) is 17.3. The molecule has 0 radical (unpaired) electrons. The van der Waals surface area contributed by atoms with Crippen LogP contribution in [0.15, 0.2) is 24.3 Å². The van der Waals surface area contributed by atoms with E-state index in [0.717, 1.165) is 13.0 Å². The third-order valence-electron chi connectivity index (χ3n) is 4.74. The van der Waals surface area contributed by atoms with Crippen molar-refractivity contribution in [3.05, 3.63) is 29.8 Å². The molecule has 1 saturated heterocycles. The Balaban J connectivity index is 1.61. The first kappa shape index (κ1) is 17.7. The van der Waals surface area contributed by atoms with Gasteiger partial charge in [-0.2, -0.15) is 12.7 Å². The SMILES string of the molecule is C[C@@H]1CN(S(=O)(=O)NC[C@H](C)N2CCc3ccccc32)C[C@@H](C)O1. The fourth-order valence-electron chi connectivity index (χ4n) is 3.58. The highest BCUT2D eigenvalue weighted by Gasteiger charge is 2.31. The van der Waals surface area contributed by atoms with Crippen molar-refractivity contribution < 1.29 is 13.2 Å². The summed E-state index contributed by atoms with van der Waals surface area (Å²) < 4.78 is 35.1. The molecule has 0 aromatic heterocycles. The fraction of sp³-hybridized carbons (Fsp3) is 0.647. The molecular formula is C17H27N3O3S. The van der Waals surface area contributed by atoms with E-state index < -0.39 is 10.2 Å². The highest BCUT2D eigenvalue weighted by Crippen LogP contribution is 2.29. The van der Waals surface area contributed by atoms with Crippen LogP contribution in [0.5, 0.6) is 0 Å². The van der Waals surface area contributed by atoms with E-state index in [4.69, 9.17) is 4.74 Å². The number of rotatable bonds is 5. The minimum Gasteiger partial charge on any atom is -0.373 e. The predicted octanol–water partition coefficient (Wildman–Crippen LogP) is 1.38. The standard InChI is InChI=1S/C17H27N3O3S/c1-13(20-9-8-16-6-4-5-7-17(16)20)10-18-24(21,22)19-11-14(2)23-15(3)12-19/h4-7,13-15,18H,8-12H2,1-3H3/t13-,14+,15+/m0/s1. The number of hydrogen-bond acceptors (Lipinski definition) is 4. The first-order valence-electron chi connectivity index (χ1n) is 8.61. The quantitative estimate of drug-likeness (QED) is 0.869. The lowest BCUT2D eigenvalue weighted by atomic mass is 10.2. The van der Waals surface area contributed by atoms with E-state index in [1.54, 1.807) is 0 Å². The summed E-state index contributed by atoms with van der Waals surface area (Å²) in [5, 5.41) is 0. The van der Waals surface area contributed by atoms with Crippen LogP contribution in [-0.2, 0) is 21.4 Å². The predicted molar refractivity (Wildman–Crippen MR) is 95.5 cm³/mol. The van der Waals surface area contributed by atoms with Crippen LogP contribution in [-0.4, -0.2) is 57.2 Å². The average molecular weight is 353 g/mol. The van der Waals surface area contributed by atoms with E-state index in [9.17, 15) is 8.42 Å². The summed E-state index contributed by atoms with van der Waals surface area (Å²) in [6, 6.07) is 8.45. The van der Waals surface area contributed by atoms with Gasteiger partial charge >= 0.3 is 0 Å². The van der Waals surface area contributed by atoms with Crippen LogP contribution in [0.25, 0.3) is 0 Å². The molecule has 0 bridgehead atoms. The number of anilines is 1. The van der Waals surface area contributed by atoms with Gasteiger partial charge in [0, 0.05) is 37.9 Å². The van der Waals surface area contributed by atoms with Crippen LogP contribution in [0.1, 0.15) is 26.3 Å². The number of hydrogen-bond donors (Lipinski definition) is 1. The van der Waals surface area contributed by atoms with Crippen molar-refractivity contribution in [1.29, 1.82) is 0 Å². The van der Waals surface area contributed by atoms with E-state index in [-0.39, 0.29) is 18.2 Å². The minimum atomic E-state index is -3.47. The van der Waals surface area contributed by atoms with Gasteiger partial charge in [-0.15, -0.1) is 0 Å². The van der Waals surface area contributed by atoms with Crippen LogP contribution in [0.3, 0.4) is 0 Å². The molecule has 2 aliphatic rings. The highest BCUT2D eigenvalue weighted by atomic mass is 32.2. The zero-order valence-corrected chi connectivity index (χ0v) is 15.4. The Kier molecular flexibility index (Phi) is 5.15. The van der Waals surface area contributed by atoms with Crippen LogP contribution >= 0.6 is 0 Å². The number of nitrogens with zero attached hydrogens (tertiary/aromatic N) is 2. The van der Waals surface area contributed by atoms with Gasteiger partial charge in [0.25, 0.3) is 10.2 Å². The summed E-state index contributed by atoms with van der Waals surface area (Å²) in [7, 11) is -3.47. The first-order chi connectivity index (χ1) is 11.4. The lowest BCUT2D eigenvalue weighted by Crippen LogP contribution is -2.53. The topological polar surface area (TPSA) is 61.9 Å². The molecule has 0 aliphatic carbocycles. The third kappa shape index (κ3) is 3.74. The summed E-state index contributed by atoms with van der Waals surface area (Å²) in [5.74, 6) is 0. The van der Waals surface area contributed by atoms with Gasteiger partial charge in [0.1, 0.15) is 0 Å². The van der Waals surface area contributed by atoms with E-state index in [1.165, 1.54) is 15.6 Å². The molecule has 134 valence electrons. The maximum absolute atomic E-state index is 12.6. The lowest BCUT2D eigenvalue weighted by Gasteiger charge is -2.35. The summed E-state index contributed by atoms with van der Waals surface area (Å²) >= 11 is 0. The Morgan fingerprint density at radius 2 is 1.92 bits per heavy atom. The molecule has 1 aromatic carbocycles. The Bertz CT molecular complexity index is 669. The van der Waals surface area contributed by atoms with E-state index in [0.29, 0.717) is 19.6 Å². The second kappa shape index (κ2) is 7.00. The Hall–Kier alpha value is -1.15. The monoisotopic (exact) mass is 353 g/mol. The summed E-state index contributed by atoms with van der Waals surface area (Å²) in [4.78, 5) is 2.28. The van der Waals surface area contributed by atoms with Crippen LogP contribution in [0.4, 0.5) is 5.69 Å². The molecular weight excluding hydrogens is 326 g/mol. The fourth-order valence-corrected chi connectivity index (χ4v) is 5.02. The minimum absolute atomic E-state index is 0.0757. The van der Waals surface area contributed by atoms with Gasteiger partial charge in [0.05, 0.1) is 12.2 Å². The number of morpholine rings is 1. The maximum atomic E-state index is 12.6. The van der Waals surface area contributed by atoms with Crippen LogP contribution in [0.2, 0.25) is 0 Å². The normalized spacial score (nSPS) is 26.4. The number of ether oxygens (including phenoxy) is 1. The molecule has 24 heavy (non-hydrogen) atoms.